The molecule has 0 aliphatic rings. The highest BCUT2D eigenvalue weighted by Gasteiger charge is 2.12. The monoisotopic (exact) mass is 146 g/mol. The SMILES string of the molecule is C=CCC(C)(C)OC.[SiH4]. The molecule has 2 heteroatoms. The summed E-state index contributed by atoms with van der Waals surface area (Å²) in [5.74, 6) is 0. The average molecular weight is 146 g/mol. The molecule has 9 heavy (non-hydrogen) atoms. The standard InChI is InChI=1S/C7H14O.H4Si/c1-5-6-7(2,3)8-4;/h5H,1,6H2,2-4H3;1H4. The molecule has 0 atom stereocenters. The van der Waals surface area contributed by atoms with Gasteiger partial charge in [-0.1, -0.05) is 6.08 Å². The predicted octanol–water partition coefficient (Wildman–Crippen LogP) is 0.536. The summed E-state index contributed by atoms with van der Waals surface area (Å²) in [5.41, 5.74) is -0.0260. The first-order valence-corrected chi connectivity index (χ1v) is 2.78. The Kier molecular flexibility index (Phi) is 6.18. The van der Waals surface area contributed by atoms with Crippen LogP contribution in [0.1, 0.15) is 20.3 Å². The minimum atomic E-state index is -0.0260. The lowest BCUT2D eigenvalue weighted by Crippen LogP contribution is -2.20. The van der Waals surface area contributed by atoms with Gasteiger partial charge in [-0.15, -0.1) is 6.58 Å². The van der Waals surface area contributed by atoms with E-state index >= 15 is 0 Å². The Morgan fingerprint density at radius 3 is 2.11 bits per heavy atom. The fourth-order valence-corrected chi connectivity index (χ4v) is 0.431. The number of ether oxygens (including phenoxy) is 1. The van der Waals surface area contributed by atoms with E-state index in [1.54, 1.807) is 7.11 Å². The van der Waals surface area contributed by atoms with Crippen molar-refractivity contribution in [2.45, 2.75) is 25.9 Å². The Bertz CT molecular complexity index is 79.0. The quantitative estimate of drug-likeness (QED) is 0.417. The lowest BCUT2D eigenvalue weighted by molar-refractivity contribution is 0.0256. The van der Waals surface area contributed by atoms with Crippen molar-refractivity contribution in [3.63, 3.8) is 0 Å². The van der Waals surface area contributed by atoms with Gasteiger partial charge in [-0.05, 0) is 31.2 Å². The van der Waals surface area contributed by atoms with E-state index in [0.717, 1.165) is 6.42 Å². The van der Waals surface area contributed by atoms with Crippen LogP contribution in [0.5, 0.6) is 0 Å². The molecule has 1 nitrogen and oxygen atoms in total. The van der Waals surface area contributed by atoms with E-state index in [4.69, 9.17) is 4.74 Å². The summed E-state index contributed by atoms with van der Waals surface area (Å²) in [5, 5.41) is 0. The Morgan fingerprint density at radius 1 is 1.56 bits per heavy atom. The topological polar surface area (TPSA) is 9.23 Å². The largest absolute Gasteiger partial charge is 0.378 e. The maximum absolute atomic E-state index is 5.11. The van der Waals surface area contributed by atoms with Crippen molar-refractivity contribution < 1.29 is 4.74 Å². The zero-order valence-corrected chi connectivity index (χ0v) is 5.90. The summed E-state index contributed by atoms with van der Waals surface area (Å²) in [6.07, 6.45) is 2.77. The Labute approximate surface area is 62.1 Å². The molecule has 0 aromatic rings. The third-order valence-electron chi connectivity index (χ3n) is 1.19. The van der Waals surface area contributed by atoms with Crippen molar-refractivity contribution in [1.29, 1.82) is 0 Å². The van der Waals surface area contributed by atoms with Gasteiger partial charge in [0, 0.05) is 7.11 Å². The van der Waals surface area contributed by atoms with Gasteiger partial charge in [0.1, 0.15) is 0 Å². The fraction of sp³-hybridized carbons (Fsp3) is 0.714. The zero-order chi connectivity index (χ0) is 6.62. The van der Waals surface area contributed by atoms with Crippen molar-refractivity contribution in [2.75, 3.05) is 7.11 Å². The average Bonchev–Trinajstić information content (AvgIpc) is 1.67. The van der Waals surface area contributed by atoms with Gasteiger partial charge in [0.15, 0.2) is 0 Å². The molecule has 0 rings (SSSR count). The lowest BCUT2D eigenvalue weighted by atomic mass is 10.1. The van der Waals surface area contributed by atoms with Gasteiger partial charge >= 0.3 is 0 Å². The van der Waals surface area contributed by atoms with Crippen molar-refractivity contribution in [3.05, 3.63) is 12.7 Å². The van der Waals surface area contributed by atoms with Gasteiger partial charge in [0.2, 0.25) is 0 Å². The molecule has 0 aromatic heterocycles. The number of rotatable bonds is 3. The molecule has 0 bridgehead atoms. The highest BCUT2D eigenvalue weighted by Crippen LogP contribution is 2.11. The van der Waals surface area contributed by atoms with Crippen LogP contribution < -0.4 is 0 Å². The molecule has 0 spiro atoms. The summed E-state index contributed by atoms with van der Waals surface area (Å²) >= 11 is 0. The summed E-state index contributed by atoms with van der Waals surface area (Å²) < 4.78 is 5.11. The molecule has 0 heterocycles. The highest BCUT2D eigenvalue weighted by molar-refractivity contribution is 5.75. The van der Waals surface area contributed by atoms with Gasteiger partial charge in [-0.3, -0.25) is 0 Å². The van der Waals surface area contributed by atoms with E-state index in [1.807, 2.05) is 19.9 Å². The zero-order valence-electron chi connectivity index (χ0n) is 5.90. The van der Waals surface area contributed by atoms with Crippen LogP contribution in [-0.2, 0) is 4.74 Å². The third-order valence-corrected chi connectivity index (χ3v) is 1.19. The van der Waals surface area contributed by atoms with Crippen LogP contribution in [0.2, 0.25) is 0 Å². The van der Waals surface area contributed by atoms with Crippen LogP contribution >= 0.6 is 0 Å². The minimum Gasteiger partial charge on any atom is -0.378 e. The van der Waals surface area contributed by atoms with Gasteiger partial charge in [0.05, 0.1) is 5.60 Å². The molecular weight excluding hydrogens is 128 g/mol. The van der Waals surface area contributed by atoms with E-state index in [0.29, 0.717) is 0 Å². The van der Waals surface area contributed by atoms with E-state index in [1.165, 1.54) is 0 Å². The molecule has 0 saturated heterocycles. The maximum atomic E-state index is 5.11. The van der Waals surface area contributed by atoms with Crippen LogP contribution in [-0.4, -0.2) is 23.7 Å². The molecule has 0 aliphatic heterocycles. The second-order valence-electron chi connectivity index (χ2n) is 2.46. The first-order chi connectivity index (χ1) is 3.62. The van der Waals surface area contributed by atoms with Gasteiger partial charge in [0.25, 0.3) is 0 Å². The van der Waals surface area contributed by atoms with Crippen molar-refractivity contribution in [2.24, 2.45) is 0 Å². The smallest absolute Gasteiger partial charge is 0.0656 e. The molecular formula is C7H18OSi. The minimum absolute atomic E-state index is 0. The Hall–Kier alpha value is -0.0831. The van der Waals surface area contributed by atoms with E-state index < -0.39 is 0 Å². The molecule has 0 fully saturated rings. The molecule has 56 valence electrons. The summed E-state index contributed by atoms with van der Waals surface area (Å²) in [7, 11) is 1.71. The predicted molar refractivity (Wildman–Crippen MR) is 47.2 cm³/mol. The lowest BCUT2D eigenvalue weighted by Gasteiger charge is -2.19. The normalized spacial score (nSPS) is 10.1. The van der Waals surface area contributed by atoms with Crippen molar-refractivity contribution in [1.82, 2.24) is 0 Å². The fourth-order valence-electron chi connectivity index (χ4n) is 0.431. The van der Waals surface area contributed by atoms with E-state index in [9.17, 15) is 0 Å². The second-order valence-corrected chi connectivity index (χ2v) is 2.46. The first kappa shape index (κ1) is 11.7. The summed E-state index contributed by atoms with van der Waals surface area (Å²) in [6.45, 7) is 7.69. The van der Waals surface area contributed by atoms with Crippen molar-refractivity contribution in [3.8, 4) is 0 Å². The van der Waals surface area contributed by atoms with Gasteiger partial charge in [-0.2, -0.15) is 0 Å². The number of hydrogen-bond acceptors (Lipinski definition) is 1. The van der Waals surface area contributed by atoms with Gasteiger partial charge in [-0.25, -0.2) is 0 Å². The summed E-state index contributed by atoms with van der Waals surface area (Å²) in [4.78, 5) is 0. The Balaban J connectivity index is 0. The Morgan fingerprint density at radius 2 is 2.00 bits per heavy atom. The molecule has 0 aromatic carbocycles. The molecule has 0 amide bonds. The van der Waals surface area contributed by atoms with Crippen LogP contribution in [0.25, 0.3) is 0 Å². The summed E-state index contributed by atoms with van der Waals surface area (Å²) in [6, 6.07) is 0. The highest BCUT2D eigenvalue weighted by atomic mass is 28.1. The molecule has 0 aliphatic carbocycles. The third kappa shape index (κ3) is 5.79. The van der Waals surface area contributed by atoms with Crippen LogP contribution in [0.4, 0.5) is 0 Å². The number of methoxy groups -OCH3 is 1. The molecule has 0 radical (unpaired) electrons. The van der Waals surface area contributed by atoms with Crippen LogP contribution in [0.15, 0.2) is 12.7 Å². The van der Waals surface area contributed by atoms with Crippen LogP contribution in [0.3, 0.4) is 0 Å². The van der Waals surface area contributed by atoms with Gasteiger partial charge < -0.3 is 4.74 Å². The molecule has 0 saturated carbocycles. The number of hydrogen-bond donors (Lipinski definition) is 0. The first-order valence-electron chi connectivity index (χ1n) is 2.78. The van der Waals surface area contributed by atoms with Crippen molar-refractivity contribution >= 4 is 11.0 Å². The molecule has 0 unspecified atom stereocenters. The maximum Gasteiger partial charge on any atom is 0.0656 e. The van der Waals surface area contributed by atoms with E-state index in [-0.39, 0.29) is 16.6 Å². The van der Waals surface area contributed by atoms with Crippen LogP contribution in [0, 0.1) is 0 Å². The molecule has 0 N–H and O–H groups in total. The second kappa shape index (κ2) is 4.76. The van der Waals surface area contributed by atoms with E-state index in [2.05, 4.69) is 6.58 Å².